The fourth-order valence-corrected chi connectivity index (χ4v) is 2.22. The Morgan fingerprint density at radius 3 is 2.76 bits per heavy atom. The molecule has 0 aliphatic rings. The molecule has 6 nitrogen and oxygen atoms in total. The van der Waals surface area contributed by atoms with Crippen molar-refractivity contribution >= 4 is 16.0 Å². The largest absolute Gasteiger partial charge is 0.481 e. The van der Waals surface area contributed by atoms with Gasteiger partial charge in [-0.15, -0.1) is 0 Å². The number of carboxylic acids is 1. The molecule has 0 aliphatic heterocycles. The summed E-state index contributed by atoms with van der Waals surface area (Å²) in [6, 6.07) is 2.25. The van der Waals surface area contributed by atoms with Crippen LogP contribution in [0.1, 0.15) is 6.42 Å². The maximum absolute atomic E-state index is 13.3. The Labute approximate surface area is 97.8 Å². The van der Waals surface area contributed by atoms with Gasteiger partial charge in [-0.25, -0.2) is 17.8 Å². The highest BCUT2D eigenvalue weighted by Gasteiger charge is 2.25. The van der Waals surface area contributed by atoms with E-state index in [0.29, 0.717) is 0 Å². The predicted molar refractivity (Wildman–Crippen MR) is 56.3 cm³/mol. The number of halogens is 1. The van der Waals surface area contributed by atoms with Crippen LogP contribution in [0.5, 0.6) is 0 Å². The minimum absolute atomic E-state index is 0.242. The molecule has 94 valence electrons. The summed E-state index contributed by atoms with van der Waals surface area (Å²) >= 11 is 0. The molecule has 0 unspecified atom stereocenters. The molecular formula is C9H11FN2O4S. The van der Waals surface area contributed by atoms with E-state index in [4.69, 9.17) is 5.11 Å². The molecule has 8 heteroatoms. The van der Waals surface area contributed by atoms with E-state index in [9.17, 15) is 17.6 Å². The van der Waals surface area contributed by atoms with Crippen molar-refractivity contribution in [1.29, 1.82) is 0 Å². The zero-order valence-corrected chi connectivity index (χ0v) is 9.82. The Kier molecular flexibility index (Phi) is 4.13. The molecule has 0 fully saturated rings. The minimum Gasteiger partial charge on any atom is -0.481 e. The number of sulfonamides is 1. The molecule has 0 amide bonds. The molecule has 0 aliphatic carbocycles. The summed E-state index contributed by atoms with van der Waals surface area (Å²) in [4.78, 5) is 13.8. The zero-order valence-electron chi connectivity index (χ0n) is 9.00. The smallest absolute Gasteiger partial charge is 0.304 e. The second-order valence-electron chi connectivity index (χ2n) is 3.26. The number of carbonyl (C=O) groups is 1. The number of aromatic nitrogens is 1. The normalized spacial score (nSPS) is 11.7. The van der Waals surface area contributed by atoms with Crippen LogP contribution in [-0.2, 0) is 14.8 Å². The van der Waals surface area contributed by atoms with Gasteiger partial charge in [0, 0.05) is 19.8 Å². The van der Waals surface area contributed by atoms with Crippen LogP contribution < -0.4 is 0 Å². The Hall–Kier alpha value is -1.54. The fraction of sp³-hybridized carbons (Fsp3) is 0.333. The summed E-state index contributed by atoms with van der Waals surface area (Å²) in [5, 5.41) is 7.74. The van der Waals surface area contributed by atoms with E-state index < -0.39 is 26.8 Å². The van der Waals surface area contributed by atoms with Crippen LogP contribution in [0, 0.1) is 5.82 Å². The monoisotopic (exact) mass is 262 g/mol. The van der Waals surface area contributed by atoms with Crippen molar-refractivity contribution < 1.29 is 22.7 Å². The van der Waals surface area contributed by atoms with Crippen molar-refractivity contribution in [3.8, 4) is 0 Å². The summed E-state index contributed by atoms with van der Waals surface area (Å²) in [5.74, 6) is -2.09. The molecule has 1 N–H and O–H groups in total. The van der Waals surface area contributed by atoms with Crippen molar-refractivity contribution in [1.82, 2.24) is 9.29 Å². The van der Waals surface area contributed by atoms with E-state index in [0.717, 1.165) is 16.6 Å². The molecular weight excluding hydrogens is 251 g/mol. The van der Waals surface area contributed by atoms with E-state index >= 15 is 0 Å². The molecule has 17 heavy (non-hydrogen) atoms. The SMILES string of the molecule is CN(CCC(=O)O)S(=O)(=O)c1ncccc1F. The number of aliphatic carboxylic acids is 1. The van der Waals surface area contributed by atoms with Gasteiger partial charge in [0.15, 0.2) is 5.82 Å². The Morgan fingerprint density at radius 2 is 2.24 bits per heavy atom. The average Bonchev–Trinajstić information content (AvgIpc) is 2.26. The lowest BCUT2D eigenvalue weighted by Crippen LogP contribution is -2.30. The quantitative estimate of drug-likeness (QED) is 0.825. The maximum atomic E-state index is 13.3. The van der Waals surface area contributed by atoms with Gasteiger partial charge in [-0.2, -0.15) is 4.31 Å². The summed E-state index contributed by atoms with van der Waals surface area (Å²) < 4.78 is 37.6. The second-order valence-corrected chi connectivity index (χ2v) is 5.22. The Bertz CT molecular complexity index is 517. The topological polar surface area (TPSA) is 87.6 Å². The molecule has 0 aromatic carbocycles. The fourth-order valence-electron chi connectivity index (χ4n) is 1.08. The van der Waals surface area contributed by atoms with Gasteiger partial charge in [0.2, 0.25) is 5.03 Å². The van der Waals surface area contributed by atoms with E-state index in [1.165, 1.54) is 13.1 Å². The second kappa shape index (κ2) is 5.19. The lowest BCUT2D eigenvalue weighted by atomic mass is 10.4. The summed E-state index contributed by atoms with van der Waals surface area (Å²) in [5.41, 5.74) is 0. The van der Waals surface area contributed by atoms with Gasteiger partial charge in [0.05, 0.1) is 6.42 Å². The van der Waals surface area contributed by atoms with Gasteiger partial charge in [0.25, 0.3) is 10.0 Å². The van der Waals surface area contributed by atoms with Gasteiger partial charge < -0.3 is 5.11 Å². The number of hydrogen-bond donors (Lipinski definition) is 1. The highest BCUT2D eigenvalue weighted by Crippen LogP contribution is 2.14. The summed E-state index contributed by atoms with van der Waals surface area (Å²) in [7, 11) is -2.91. The number of rotatable bonds is 5. The maximum Gasteiger partial charge on any atom is 0.304 e. The average molecular weight is 262 g/mol. The van der Waals surface area contributed by atoms with Crippen LogP contribution in [0.2, 0.25) is 0 Å². The van der Waals surface area contributed by atoms with Gasteiger partial charge in [-0.3, -0.25) is 4.79 Å². The standard InChI is InChI=1S/C9H11FN2O4S/c1-12(6-4-8(13)14)17(15,16)9-7(10)3-2-5-11-9/h2-3,5H,4,6H2,1H3,(H,13,14). The van der Waals surface area contributed by atoms with Crippen molar-refractivity contribution in [3.63, 3.8) is 0 Å². The number of nitrogens with zero attached hydrogens (tertiary/aromatic N) is 2. The van der Waals surface area contributed by atoms with Gasteiger partial charge in [0.1, 0.15) is 0 Å². The van der Waals surface area contributed by atoms with Crippen molar-refractivity contribution in [2.75, 3.05) is 13.6 Å². The molecule has 0 spiro atoms. The van der Waals surface area contributed by atoms with Crippen LogP contribution in [0.15, 0.2) is 23.4 Å². The van der Waals surface area contributed by atoms with Gasteiger partial charge >= 0.3 is 5.97 Å². The molecule has 0 atom stereocenters. The van der Waals surface area contributed by atoms with Gasteiger partial charge in [-0.1, -0.05) is 0 Å². The van der Waals surface area contributed by atoms with Crippen LogP contribution in [-0.4, -0.2) is 42.4 Å². The molecule has 1 aromatic heterocycles. The molecule has 0 saturated carbocycles. The highest BCUT2D eigenvalue weighted by atomic mass is 32.2. The van der Waals surface area contributed by atoms with Crippen LogP contribution in [0.3, 0.4) is 0 Å². The predicted octanol–water partition coefficient (Wildman–Crippen LogP) is 0.316. The van der Waals surface area contributed by atoms with Crippen molar-refractivity contribution in [2.24, 2.45) is 0 Å². The molecule has 1 aromatic rings. The molecule has 0 bridgehead atoms. The molecule has 1 heterocycles. The first-order chi connectivity index (χ1) is 7.85. The van der Waals surface area contributed by atoms with E-state index in [2.05, 4.69) is 4.98 Å². The van der Waals surface area contributed by atoms with E-state index in [1.807, 2.05) is 0 Å². The molecule has 1 rings (SSSR count). The van der Waals surface area contributed by atoms with Crippen LogP contribution in [0.25, 0.3) is 0 Å². The van der Waals surface area contributed by atoms with Crippen LogP contribution in [0.4, 0.5) is 4.39 Å². The lowest BCUT2D eigenvalue weighted by Gasteiger charge is -2.15. The molecule has 0 saturated heterocycles. The first-order valence-electron chi connectivity index (χ1n) is 4.64. The summed E-state index contributed by atoms with van der Waals surface area (Å²) in [6.45, 7) is -0.242. The number of hydrogen-bond acceptors (Lipinski definition) is 4. The first kappa shape index (κ1) is 13.5. The number of carboxylic acid groups (broad SMARTS) is 1. The lowest BCUT2D eigenvalue weighted by molar-refractivity contribution is -0.137. The minimum atomic E-state index is -4.08. The Balaban J connectivity index is 2.96. The van der Waals surface area contributed by atoms with Crippen molar-refractivity contribution in [2.45, 2.75) is 11.4 Å². The zero-order chi connectivity index (χ0) is 13.1. The first-order valence-corrected chi connectivity index (χ1v) is 6.08. The summed E-state index contributed by atoms with van der Waals surface area (Å²) in [6.07, 6.45) is 0.797. The van der Waals surface area contributed by atoms with Crippen LogP contribution >= 0.6 is 0 Å². The highest BCUT2D eigenvalue weighted by molar-refractivity contribution is 7.89. The van der Waals surface area contributed by atoms with E-state index in [1.54, 1.807) is 0 Å². The van der Waals surface area contributed by atoms with Gasteiger partial charge in [-0.05, 0) is 12.1 Å². The molecule has 0 radical (unpaired) electrons. The third-order valence-corrected chi connectivity index (χ3v) is 3.81. The third-order valence-electron chi connectivity index (χ3n) is 2.02. The van der Waals surface area contributed by atoms with E-state index in [-0.39, 0.29) is 13.0 Å². The third kappa shape index (κ3) is 3.21. The number of pyridine rings is 1. The van der Waals surface area contributed by atoms with Crippen molar-refractivity contribution in [3.05, 3.63) is 24.1 Å². The Morgan fingerprint density at radius 1 is 1.59 bits per heavy atom.